The number of carboxylic acids is 1. The number of carbonyl (C=O) groups is 1. The summed E-state index contributed by atoms with van der Waals surface area (Å²) in [6.07, 6.45) is 0.0911. The summed E-state index contributed by atoms with van der Waals surface area (Å²) >= 11 is -0.0759. The molecule has 0 aliphatic carbocycles. The number of carboxylic acid groups (broad SMARTS) is 1. The number of alkyl halides is 3. The maximum absolute atomic E-state index is 11.8. The van der Waals surface area contributed by atoms with Crippen molar-refractivity contribution < 1.29 is 27.8 Å². The molecule has 1 aliphatic rings. The average molecular weight is 273 g/mol. The maximum atomic E-state index is 11.8. The average Bonchev–Trinajstić information content (AvgIpc) is 2.64. The number of rotatable bonds is 6. The summed E-state index contributed by atoms with van der Waals surface area (Å²) in [5, 5.41) is 11.5. The lowest BCUT2D eigenvalue weighted by Gasteiger charge is -2.12. The third-order valence-corrected chi connectivity index (χ3v) is 3.04. The van der Waals surface area contributed by atoms with Crippen LogP contribution in [-0.2, 0) is 9.53 Å². The van der Waals surface area contributed by atoms with Gasteiger partial charge >= 0.3 is 11.5 Å². The van der Waals surface area contributed by atoms with Gasteiger partial charge in [0.1, 0.15) is 0 Å². The number of halogens is 3. The van der Waals surface area contributed by atoms with E-state index in [4.69, 9.17) is 9.84 Å². The van der Waals surface area contributed by atoms with Crippen LogP contribution < -0.4 is 5.32 Å². The van der Waals surface area contributed by atoms with Crippen LogP contribution in [0.25, 0.3) is 0 Å². The van der Waals surface area contributed by atoms with Crippen LogP contribution in [-0.4, -0.2) is 47.6 Å². The molecule has 1 saturated heterocycles. The zero-order chi connectivity index (χ0) is 12.9. The quantitative estimate of drug-likeness (QED) is 0.718. The van der Waals surface area contributed by atoms with E-state index >= 15 is 0 Å². The number of ether oxygens (including phenoxy) is 1. The topological polar surface area (TPSA) is 58.6 Å². The lowest BCUT2D eigenvalue weighted by molar-refractivity contribution is -0.149. The van der Waals surface area contributed by atoms with E-state index in [0.717, 1.165) is 0 Å². The zero-order valence-electron chi connectivity index (χ0n) is 9.00. The smallest absolute Gasteiger partial charge is 0.441 e. The van der Waals surface area contributed by atoms with E-state index in [-0.39, 0.29) is 30.2 Å². The van der Waals surface area contributed by atoms with E-state index in [1.54, 1.807) is 0 Å². The Labute approximate surface area is 101 Å². The Morgan fingerprint density at radius 3 is 2.71 bits per heavy atom. The monoisotopic (exact) mass is 273 g/mol. The molecule has 1 fully saturated rings. The van der Waals surface area contributed by atoms with Crippen LogP contribution in [0.2, 0.25) is 0 Å². The molecule has 0 saturated carbocycles. The molecule has 1 rings (SSSR count). The van der Waals surface area contributed by atoms with Crippen LogP contribution in [0.3, 0.4) is 0 Å². The highest BCUT2D eigenvalue weighted by molar-refractivity contribution is 8.00. The van der Waals surface area contributed by atoms with E-state index in [2.05, 4.69) is 5.32 Å². The highest BCUT2D eigenvalue weighted by Gasteiger charge is 2.30. The van der Waals surface area contributed by atoms with E-state index < -0.39 is 17.6 Å². The summed E-state index contributed by atoms with van der Waals surface area (Å²) in [6.45, 7) is 0.615. The second kappa shape index (κ2) is 6.46. The molecule has 2 N–H and O–H groups in total. The molecule has 0 spiro atoms. The van der Waals surface area contributed by atoms with Crippen molar-refractivity contribution in [2.75, 3.05) is 18.8 Å². The molecule has 0 aromatic heterocycles. The molecule has 0 amide bonds. The minimum atomic E-state index is -4.19. The van der Waals surface area contributed by atoms with Crippen molar-refractivity contribution in [1.29, 1.82) is 0 Å². The standard InChI is InChI=1S/C9H14F3NO3S/c10-9(11,12)17-4-3-13-5-6-1-2-7(16-6)8(14)15/h6-7,13H,1-5H2,(H,14,15). The number of thioether (sulfide) groups is 1. The molecule has 100 valence electrons. The number of hydrogen-bond acceptors (Lipinski definition) is 4. The minimum Gasteiger partial charge on any atom is -0.479 e. The summed E-state index contributed by atoms with van der Waals surface area (Å²) in [7, 11) is 0. The van der Waals surface area contributed by atoms with Gasteiger partial charge in [-0.15, -0.1) is 0 Å². The van der Waals surface area contributed by atoms with Crippen LogP contribution >= 0.6 is 11.8 Å². The first-order chi connectivity index (χ1) is 7.88. The highest BCUT2D eigenvalue weighted by atomic mass is 32.2. The van der Waals surface area contributed by atoms with Crippen LogP contribution in [0, 0.1) is 0 Å². The fourth-order valence-electron chi connectivity index (χ4n) is 1.54. The van der Waals surface area contributed by atoms with Crippen LogP contribution in [0.5, 0.6) is 0 Å². The van der Waals surface area contributed by atoms with E-state index in [1.807, 2.05) is 0 Å². The van der Waals surface area contributed by atoms with Crippen molar-refractivity contribution in [1.82, 2.24) is 5.32 Å². The lowest BCUT2D eigenvalue weighted by atomic mass is 10.2. The van der Waals surface area contributed by atoms with E-state index in [9.17, 15) is 18.0 Å². The predicted octanol–water partition coefficient (Wildman–Crippen LogP) is 1.46. The Hall–Kier alpha value is -0.470. The van der Waals surface area contributed by atoms with Crippen molar-refractivity contribution >= 4 is 17.7 Å². The first-order valence-electron chi connectivity index (χ1n) is 5.18. The molecule has 0 bridgehead atoms. The Balaban J connectivity index is 2.03. The Bertz CT molecular complexity index is 262. The fraction of sp³-hybridized carbons (Fsp3) is 0.889. The van der Waals surface area contributed by atoms with E-state index in [1.165, 1.54) is 0 Å². The SMILES string of the molecule is O=C(O)C1CCC(CNCCSC(F)(F)F)O1. The molecular weight excluding hydrogens is 259 g/mol. The van der Waals surface area contributed by atoms with Gasteiger partial charge in [0.2, 0.25) is 0 Å². The summed E-state index contributed by atoms with van der Waals surface area (Å²) in [5.41, 5.74) is -4.19. The van der Waals surface area contributed by atoms with Gasteiger partial charge in [0.05, 0.1) is 6.10 Å². The summed E-state index contributed by atoms with van der Waals surface area (Å²) in [6, 6.07) is 0. The van der Waals surface area contributed by atoms with Gasteiger partial charge in [-0.3, -0.25) is 0 Å². The summed E-state index contributed by atoms with van der Waals surface area (Å²) < 4.78 is 40.5. The minimum absolute atomic E-state index is 0.0570. The molecule has 2 atom stereocenters. The maximum Gasteiger partial charge on any atom is 0.441 e. The summed E-state index contributed by atoms with van der Waals surface area (Å²) in [4.78, 5) is 10.6. The van der Waals surface area contributed by atoms with Gasteiger partial charge < -0.3 is 15.2 Å². The third-order valence-electron chi connectivity index (χ3n) is 2.30. The number of aliphatic carboxylic acids is 1. The molecular formula is C9H14F3NO3S. The molecule has 1 heterocycles. The van der Waals surface area contributed by atoms with Gasteiger partial charge in [-0.2, -0.15) is 13.2 Å². The van der Waals surface area contributed by atoms with Crippen molar-refractivity contribution in [2.45, 2.75) is 30.6 Å². The highest BCUT2D eigenvalue weighted by Crippen LogP contribution is 2.29. The largest absolute Gasteiger partial charge is 0.479 e. The molecule has 1 aliphatic heterocycles. The number of nitrogens with one attached hydrogen (secondary N) is 1. The second-order valence-electron chi connectivity index (χ2n) is 3.66. The van der Waals surface area contributed by atoms with Gasteiger partial charge in [0.25, 0.3) is 0 Å². The molecule has 0 aromatic rings. The zero-order valence-corrected chi connectivity index (χ0v) is 9.81. The van der Waals surface area contributed by atoms with Crippen molar-refractivity contribution in [2.24, 2.45) is 0 Å². The normalized spacial score (nSPS) is 25.1. The lowest BCUT2D eigenvalue weighted by Crippen LogP contribution is -2.30. The Kier molecular flexibility index (Phi) is 5.54. The molecule has 2 unspecified atom stereocenters. The molecule has 17 heavy (non-hydrogen) atoms. The fourth-order valence-corrected chi connectivity index (χ4v) is 2.02. The van der Waals surface area contributed by atoms with Crippen LogP contribution in [0.15, 0.2) is 0 Å². The van der Waals surface area contributed by atoms with Crippen LogP contribution in [0.1, 0.15) is 12.8 Å². The van der Waals surface area contributed by atoms with Crippen LogP contribution in [0.4, 0.5) is 13.2 Å². The van der Waals surface area contributed by atoms with Crippen molar-refractivity contribution in [3.63, 3.8) is 0 Å². The first kappa shape index (κ1) is 14.6. The molecule has 0 aromatic carbocycles. The van der Waals surface area contributed by atoms with Gasteiger partial charge in [0, 0.05) is 18.8 Å². The van der Waals surface area contributed by atoms with E-state index in [0.29, 0.717) is 19.4 Å². The molecule has 4 nitrogen and oxygen atoms in total. The predicted molar refractivity (Wildman–Crippen MR) is 56.9 cm³/mol. The van der Waals surface area contributed by atoms with Gasteiger partial charge in [-0.1, -0.05) is 0 Å². The van der Waals surface area contributed by atoms with Gasteiger partial charge in [-0.25, -0.2) is 4.79 Å². The molecule has 8 heteroatoms. The number of hydrogen-bond donors (Lipinski definition) is 2. The Morgan fingerprint density at radius 1 is 1.47 bits per heavy atom. The first-order valence-corrected chi connectivity index (χ1v) is 6.17. The summed E-state index contributed by atoms with van der Waals surface area (Å²) in [5.74, 6) is -1.04. The third kappa shape index (κ3) is 6.13. The molecule has 0 radical (unpaired) electrons. The van der Waals surface area contributed by atoms with Gasteiger partial charge in [-0.05, 0) is 24.6 Å². The Morgan fingerprint density at radius 2 is 2.18 bits per heavy atom. The van der Waals surface area contributed by atoms with Crippen molar-refractivity contribution in [3.8, 4) is 0 Å². The van der Waals surface area contributed by atoms with Crippen molar-refractivity contribution in [3.05, 3.63) is 0 Å². The second-order valence-corrected chi connectivity index (χ2v) is 4.82. The van der Waals surface area contributed by atoms with Gasteiger partial charge in [0.15, 0.2) is 6.10 Å².